The van der Waals surface area contributed by atoms with Gasteiger partial charge in [-0.3, -0.25) is 0 Å². The van der Waals surface area contributed by atoms with Gasteiger partial charge in [0.15, 0.2) is 0 Å². The summed E-state index contributed by atoms with van der Waals surface area (Å²) in [4.78, 5) is 0. The molecule has 1 aliphatic carbocycles. The van der Waals surface area contributed by atoms with E-state index < -0.39 is 6.17 Å². The van der Waals surface area contributed by atoms with Crippen molar-refractivity contribution in [1.82, 2.24) is 0 Å². The molecule has 0 aromatic heterocycles. The predicted molar refractivity (Wildman–Crippen MR) is 47.7 cm³/mol. The van der Waals surface area contributed by atoms with Crippen LogP contribution in [0.5, 0.6) is 0 Å². The lowest BCUT2D eigenvalue weighted by molar-refractivity contribution is 0.644. The fourth-order valence-electron chi connectivity index (χ4n) is 1.35. The van der Waals surface area contributed by atoms with E-state index in [1.54, 1.807) is 6.08 Å². The molecule has 0 saturated carbocycles. The van der Waals surface area contributed by atoms with Gasteiger partial charge in [0.2, 0.25) is 0 Å². The Bertz CT molecular complexity index is 268. The van der Waals surface area contributed by atoms with E-state index in [2.05, 4.69) is 6.07 Å². The second-order valence-electron chi connectivity index (χ2n) is 3.16. The molecule has 64 valence electrons. The maximum absolute atomic E-state index is 8.66. The Kier molecular flexibility index (Phi) is 2.64. The fraction of sp³-hybridized carbons (Fsp3) is 0.444. The molecule has 0 saturated heterocycles. The summed E-state index contributed by atoms with van der Waals surface area (Å²) in [5.74, 6) is 0.370. The van der Waals surface area contributed by atoms with Crippen LogP contribution in [0.25, 0.3) is 0 Å². The number of hydrogen-bond donors (Lipinski definition) is 2. The van der Waals surface area contributed by atoms with Crippen LogP contribution in [0.2, 0.25) is 0 Å². The fourth-order valence-corrected chi connectivity index (χ4v) is 1.35. The maximum Gasteiger partial charge on any atom is 0.0988 e. The van der Waals surface area contributed by atoms with Crippen LogP contribution in [0.3, 0.4) is 0 Å². The van der Waals surface area contributed by atoms with Crippen LogP contribution in [0.4, 0.5) is 0 Å². The summed E-state index contributed by atoms with van der Waals surface area (Å²) in [5, 5.41) is 8.66. The lowest BCUT2D eigenvalue weighted by Gasteiger charge is -2.18. The first-order valence-electron chi connectivity index (χ1n) is 3.97. The number of rotatable bonds is 1. The van der Waals surface area contributed by atoms with Crippen molar-refractivity contribution < 1.29 is 0 Å². The van der Waals surface area contributed by atoms with E-state index in [1.807, 2.05) is 13.0 Å². The molecule has 1 aliphatic rings. The highest BCUT2D eigenvalue weighted by atomic mass is 14.8. The first kappa shape index (κ1) is 8.98. The Morgan fingerprint density at radius 2 is 2.33 bits per heavy atom. The van der Waals surface area contributed by atoms with E-state index in [1.165, 1.54) is 0 Å². The quantitative estimate of drug-likeness (QED) is 0.557. The van der Waals surface area contributed by atoms with E-state index in [9.17, 15) is 0 Å². The predicted octanol–water partition coefficient (Wildman–Crippen LogP) is 0.646. The summed E-state index contributed by atoms with van der Waals surface area (Å²) in [5.41, 5.74) is 12.7. The van der Waals surface area contributed by atoms with Crippen molar-refractivity contribution in [2.75, 3.05) is 0 Å². The Morgan fingerprint density at radius 1 is 1.67 bits per heavy atom. The average molecular weight is 163 g/mol. The molecule has 1 unspecified atom stereocenters. The van der Waals surface area contributed by atoms with Gasteiger partial charge < -0.3 is 11.5 Å². The third kappa shape index (κ3) is 1.94. The van der Waals surface area contributed by atoms with E-state index in [-0.39, 0.29) is 0 Å². The summed E-state index contributed by atoms with van der Waals surface area (Å²) < 4.78 is 0. The first-order valence-corrected chi connectivity index (χ1v) is 3.97. The highest BCUT2D eigenvalue weighted by Gasteiger charge is 2.13. The lowest BCUT2D eigenvalue weighted by Crippen LogP contribution is -2.33. The summed E-state index contributed by atoms with van der Waals surface area (Å²) in [6.45, 7) is 2.05. The van der Waals surface area contributed by atoms with E-state index in [0.717, 1.165) is 12.0 Å². The standard InChI is InChI=1S/C9H13N3/c1-6-2-7(5-10)4-8(3-6)9(11)12/h2,4,6,9H,3,11-12H2,1H3. The minimum Gasteiger partial charge on any atom is -0.313 e. The molecular formula is C9H13N3. The summed E-state index contributed by atoms with van der Waals surface area (Å²) in [6, 6.07) is 2.09. The van der Waals surface area contributed by atoms with Crippen LogP contribution in [0.1, 0.15) is 13.3 Å². The molecule has 0 aliphatic heterocycles. The van der Waals surface area contributed by atoms with Crippen LogP contribution in [0, 0.1) is 17.2 Å². The molecule has 0 heterocycles. The highest BCUT2D eigenvalue weighted by molar-refractivity contribution is 5.40. The molecular weight excluding hydrogens is 150 g/mol. The van der Waals surface area contributed by atoms with Crippen molar-refractivity contribution >= 4 is 0 Å². The number of nitrogens with two attached hydrogens (primary N) is 2. The molecule has 1 atom stereocenters. The van der Waals surface area contributed by atoms with Gasteiger partial charge in [-0.05, 0) is 24.0 Å². The monoisotopic (exact) mass is 163 g/mol. The van der Waals surface area contributed by atoms with Crippen LogP contribution in [0.15, 0.2) is 23.3 Å². The Morgan fingerprint density at radius 3 is 2.83 bits per heavy atom. The number of nitriles is 1. The largest absolute Gasteiger partial charge is 0.313 e. The van der Waals surface area contributed by atoms with Gasteiger partial charge in [0, 0.05) is 5.57 Å². The SMILES string of the molecule is CC1C=C(C#N)C=C(C(N)N)C1. The van der Waals surface area contributed by atoms with Crippen molar-refractivity contribution in [2.45, 2.75) is 19.5 Å². The Labute approximate surface area is 72.3 Å². The van der Waals surface area contributed by atoms with Gasteiger partial charge in [-0.15, -0.1) is 0 Å². The molecule has 0 amide bonds. The zero-order valence-electron chi connectivity index (χ0n) is 7.12. The highest BCUT2D eigenvalue weighted by Crippen LogP contribution is 2.22. The molecule has 0 bridgehead atoms. The molecule has 0 aromatic carbocycles. The molecule has 4 N–H and O–H groups in total. The molecule has 3 heteroatoms. The van der Waals surface area contributed by atoms with E-state index in [0.29, 0.717) is 11.5 Å². The number of allylic oxidation sites excluding steroid dienone is 3. The third-order valence-corrected chi connectivity index (χ3v) is 1.92. The number of nitrogens with zero attached hydrogens (tertiary/aromatic N) is 1. The smallest absolute Gasteiger partial charge is 0.0988 e. The topological polar surface area (TPSA) is 75.8 Å². The zero-order valence-corrected chi connectivity index (χ0v) is 7.12. The summed E-state index contributed by atoms with van der Waals surface area (Å²) in [6.07, 6.45) is 4.16. The Balaban J connectivity index is 2.87. The normalized spacial score (nSPS) is 23.1. The summed E-state index contributed by atoms with van der Waals surface area (Å²) >= 11 is 0. The van der Waals surface area contributed by atoms with Gasteiger partial charge in [0.05, 0.1) is 12.2 Å². The first-order chi connectivity index (χ1) is 5.63. The third-order valence-electron chi connectivity index (χ3n) is 1.92. The van der Waals surface area contributed by atoms with Crippen molar-refractivity contribution in [1.29, 1.82) is 5.26 Å². The number of hydrogen-bond acceptors (Lipinski definition) is 3. The summed E-state index contributed by atoms with van der Waals surface area (Å²) in [7, 11) is 0. The van der Waals surface area contributed by atoms with Gasteiger partial charge in [0.1, 0.15) is 0 Å². The van der Waals surface area contributed by atoms with E-state index >= 15 is 0 Å². The molecule has 0 radical (unpaired) electrons. The van der Waals surface area contributed by atoms with Crippen molar-refractivity contribution in [2.24, 2.45) is 17.4 Å². The second-order valence-corrected chi connectivity index (χ2v) is 3.16. The van der Waals surface area contributed by atoms with E-state index in [4.69, 9.17) is 16.7 Å². The minimum absolute atomic E-state index is 0.370. The van der Waals surface area contributed by atoms with Crippen molar-refractivity contribution in [3.63, 3.8) is 0 Å². The lowest BCUT2D eigenvalue weighted by atomic mass is 9.91. The minimum atomic E-state index is -0.426. The van der Waals surface area contributed by atoms with Gasteiger partial charge in [0.25, 0.3) is 0 Å². The van der Waals surface area contributed by atoms with Crippen LogP contribution >= 0.6 is 0 Å². The molecule has 12 heavy (non-hydrogen) atoms. The maximum atomic E-state index is 8.66. The van der Waals surface area contributed by atoms with Gasteiger partial charge in [-0.2, -0.15) is 5.26 Å². The van der Waals surface area contributed by atoms with Gasteiger partial charge >= 0.3 is 0 Å². The van der Waals surface area contributed by atoms with Crippen molar-refractivity contribution in [3.8, 4) is 6.07 Å². The van der Waals surface area contributed by atoms with Crippen LogP contribution in [-0.2, 0) is 0 Å². The zero-order chi connectivity index (χ0) is 9.14. The molecule has 0 spiro atoms. The molecule has 1 rings (SSSR count). The second kappa shape index (κ2) is 3.53. The van der Waals surface area contributed by atoms with Gasteiger partial charge in [-0.1, -0.05) is 13.0 Å². The Hall–Kier alpha value is -1.11. The van der Waals surface area contributed by atoms with Crippen LogP contribution < -0.4 is 11.5 Å². The molecule has 0 aromatic rings. The van der Waals surface area contributed by atoms with Gasteiger partial charge in [-0.25, -0.2) is 0 Å². The molecule has 0 fully saturated rings. The van der Waals surface area contributed by atoms with Crippen molar-refractivity contribution in [3.05, 3.63) is 23.3 Å². The average Bonchev–Trinajstić information content (AvgIpc) is 2.03. The van der Waals surface area contributed by atoms with Crippen LogP contribution in [-0.4, -0.2) is 6.17 Å². The molecule has 3 nitrogen and oxygen atoms in total.